The number of fused-ring (bicyclic) bond motifs is 5. The van der Waals surface area contributed by atoms with Crippen molar-refractivity contribution < 1.29 is 76.0 Å². The van der Waals surface area contributed by atoms with E-state index in [1.54, 1.807) is 19.1 Å². The maximum absolute atomic E-state index is 13.5. The molecule has 6 rings (SSSR count). The van der Waals surface area contributed by atoms with Gasteiger partial charge in [-0.1, -0.05) is 6.92 Å². The standard InChI is InChI=1S/C34H35N2O17P/c1-6-34(43)23-11-25-27-20(12-36(25)31(41)22(23)13-47-33(34)42)9-19-10-21(7-8-24(19)35-27)52-54(44,45)53-32-30(50-18(5)40)29(49-17(4)39)28(48-16(3)38)26(51-32)14-46-15(2)37/h7-11,26,28-30,32,43H,6,12-14H2,1-5H3,(H,44,45). The number of ether oxygens (including phenoxy) is 6. The van der Waals surface area contributed by atoms with Gasteiger partial charge in [-0.25, -0.2) is 18.9 Å². The summed E-state index contributed by atoms with van der Waals surface area (Å²) >= 11 is 0. The van der Waals surface area contributed by atoms with Crippen molar-refractivity contribution in [3.05, 3.63) is 57.4 Å². The van der Waals surface area contributed by atoms with Crippen molar-refractivity contribution in [2.75, 3.05) is 6.61 Å². The van der Waals surface area contributed by atoms with Crippen molar-refractivity contribution in [1.29, 1.82) is 0 Å². The van der Waals surface area contributed by atoms with Crippen LogP contribution in [0.4, 0.5) is 0 Å². The van der Waals surface area contributed by atoms with E-state index in [1.807, 2.05) is 0 Å². The highest BCUT2D eigenvalue weighted by atomic mass is 31.2. The number of carbonyl (C=O) groups excluding carboxylic acids is 5. The molecule has 0 aliphatic carbocycles. The molecule has 0 spiro atoms. The molecule has 19 nitrogen and oxygen atoms in total. The summed E-state index contributed by atoms with van der Waals surface area (Å²) < 4.78 is 57.3. The number of esters is 5. The van der Waals surface area contributed by atoms with Gasteiger partial charge in [0.05, 0.1) is 29.0 Å². The fourth-order valence-electron chi connectivity index (χ4n) is 6.58. The zero-order valence-corrected chi connectivity index (χ0v) is 30.4. The van der Waals surface area contributed by atoms with E-state index in [0.29, 0.717) is 27.9 Å². The van der Waals surface area contributed by atoms with Crippen LogP contribution in [0, 0.1) is 0 Å². The molecule has 288 valence electrons. The number of pyridine rings is 2. The van der Waals surface area contributed by atoms with Gasteiger partial charge in [0.1, 0.15) is 25.1 Å². The van der Waals surface area contributed by atoms with E-state index in [2.05, 4.69) is 4.98 Å². The highest BCUT2D eigenvalue weighted by Crippen LogP contribution is 2.48. The largest absolute Gasteiger partial charge is 0.529 e. The second-order valence-electron chi connectivity index (χ2n) is 12.7. The second kappa shape index (κ2) is 14.6. The van der Waals surface area contributed by atoms with Crippen LogP contribution in [0.15, 0.2) is 35.1 Å². The number of cyclic esters (lactones) is 1. The molecule has 0 amide bonds. The van der Waals surface area contributed by atoms with E-state index in [-0.39, 0.29) is 36.4 Å². The van der Waals surface area contributed by atoms with Crippen molar-refractivity contribution in [3.63, 3.8) is 0 Å². The third-order valence-corrected chi connectivity index (χ3v) is 9.80. The first kappa shape index (κ1) is 38.5. The quantitative estimate of drug-likeness (QED) is 0.132. The number of aromatic nitrogens is 2. The first-order chi connectivity index (χ1) is 25.4. The molecule has 2 aromatic heterocycles. The summed E-state index contributed by atoms with van der Waals surface area (Å²) in [7, 11) is -5.22. The van der Waals surface area contributed by atoms with Gasteiger partial charge >= 0.3 is 37.7 Å². The molecule has 1 fully saturated rings. The lowest BCUT2D eigenvalue weighted by molar-refractivity contribution is -0.291. The van der Waals surface area contributed by atoms with E-state index in [0.717, 1.165) is 27.7 Å². The van der Waals surface area contributed by atoms with Gasteiger partial charge in [-0.2, -0.15) is 0 Å². The lowest BCUT2D eigenvalue weighted by atomic mass is 9.86. The van der Waals surface area contributed by atoms with Crippen LogP contribution in [0.3, 0.4) is 0 Å². The number of nitrogens with zero attached hydrogens (tertiary/aromatic N) is 2. The Morgan fingerprint density at radius 1 is 0.963 bits per heavy atom. The molecule has 7 unspecified atom stereocenters. The van der Waals surface area contributed by atoms with Gasteiger partial charge in [0.15, 0.2) is 23.9 Å². The summed E-state index contributed by atoms with van der Waals surface area (Å²) in [6, 6.07) is 7.41. The first-order valence-corrected chi connectivity index (χ1v) is 18.0. The van der Waals surface area contributed by atoms with Crippen molar-refractivity contribution in [2.45, 2.75) is 90.5 Å². The van der Waals surface area contributed by atoms with E-state index < -0.39 is 86.1 Å². The number of hydrogen-bond donors (Lipinski definition) is 2. The summed E-state index contributed by atoms with van der Waals surface area (Å²) in [4.78, 5) is 89.4. The molecule has 3 aliphatic heterocycles. The van der Waals surface area contributed by atoms with Crippen molar-refractivity contribution >= 4 is 48.6 Å². The Morgan fingerprint density at radius 3 is 2.28 bits per heavy atom. The van der Waals surface area contributed by atoms with Crippen LogP contribution in [-0.4, -0.2) is 86.7 Å². The Kier molecular flexibility index (Phi) is 10.4. The summed E-state index contributed by atoms with van der Waals surface area (Å²) in [5.41, 5.74) is -0.343. The predicted octanol–water partition coefficient (Wildman–Crippen LogP) is 1.66. The fraction of sp³-hybridized carbons (Fsp3) is 0.441. The van der Waals surface area contributed by atoms with Gasteiger partial charge in [-0.3, -0.25) is 28.9 Å². The molecular formula is C34H35N2O17P. The summed E-state index contributed by atoms with van der Waals surface area (Å²) in [5, 5.41) is 11.5. The minimum atomic E-state index is -5.22. The van der Waals surface area contributed by atoms with Crippen molar-refractivity contribution in [1.82, 2.24) is 9.55 Å². The maximum atomic E-state index is 13.5. The molecular weight excluding hydrogens is 739 g/mol. The highest BCUT2D eigenvalue weighted by Gasteiger charge is 2.55. The number of rotatable bonds is 10. The van der Waals surface area contributed by atoms with E-state index >= 15 is 0 Å². The number of phosphoric acid groups is 1. The molecule has 0 radical (unpaired) electrons. The van der Waals surface area contributed by atoms with E-state index in [1.165, 1.54) is 22.8 Å². The third kappa shape index (κ3) is 7.45. The number of carbonyl (C=O) groups is 5. The van der Waals surface area contributed by atoms with Crippen LogP contribution >= 0.6 is 7.82 Å². The summed E-state index contributed by atoms with van der Waals surface area (Å²) in [6.07, 6.45) is -8.43. The van der Waals surface area contributed by atoms with Crippen LogP contribution in [0.25, 0.3) is 22.3 Å². The van der Waals surface area contributed by atoms with Gasteiger partial charge < -0.3 is 42.6 Å². The molecule has 3 aliphatic rings. The normalized spacial score (nSPS) is 25.2. The van der Waals surface area contributed by atoms with Gasteiger partial charge in [0.2, 0.25) is 6.29 Å². The summed E-state index contributed by atoms with van der Waals surface area (Å²) in [5.74, 6) is -4.54. The van der Waals surface area contributed by atoms with Crippen LogP contribution in [0.2, 0.25) is 0 Å². The summed E-state index contributed by atoms with van der Waals surface area (Å²) in [6.45, 7) is 4.93. The minimum absolute atomic E-state index is 0.0192. The lowest BCUT2D eigenvalue weighted by Crippen LogP contribution is -2.62. The Bertz CT molecular complexity index is 2180. The maximum Gasteiger partial charge on any atom is 0.529 e. The van der Waals surface area contributed by atoms with Gasteiger partial charge in [-0.15, -0.1) is 0 Å². The SMILES string of the molecule is CCC1(O)C(=O)OCc2c1cc1n(c2=O)Cc2cc3cc(OP(=O)(O)OC4OC(COC(C)=O)C(OC(C)=O)C(OC(C)=O)C4OC(C)=O)ccc3nc2-1. The number of aliphatic hydroxyl groups is 1. The van der Waals surface area contributed by atoms with Crippen molar-refractivity contribution in [2.24, 2.45) is 0 Å². The van der Waals surface area contributed by atoms with Crippen molar-refractivity contribution in [3.8, 4) is 17.1 Å². The van der Waals surface area contributed by atoms with Crippen LogP contribution in [-0.2, 0) is 80.2 Å². The molecule has 7 atom stereocenters. The number of phosphoric ester groups is 1. The van der Waals surface area contributed by atoms with E-state index in [9.17, 15) is 43.3 Å². The average Bonchev–Trinajstić information content (AvgIpc) is 3.44. The molecule has 5 heterocycles. The smallest absolute Gasteiger partial charge is 0.463 e. The first-order valence-electron chi connectivity index (χ1n) is 16.5. The van der Waals surface area contributed by atoms with E-state index in [4.69, 9.17) is 37.5 Å². The Labute approximate surface area is 305 Å². The Morgan fingerprint density at radius 2 is 1.63 bits per heavy atom. The molecule has 0 bridgehead atoms. The van der Waals surface area contributed by atoms with Gasteiger partial charge in [-0.05, 0) is 36.8 Å². The van der Waals surface area contributed by atoms with Crippen LogP contribution in [0.5, 0.6) is 5.75 Å². The third-order valence-electron chi connectivity index (χ3n) is 8.89. The predicted molar refractivity (Wildman–Crippen MR) is 178 cm³/mol. The fourth-order valence-corrected chi connectivity index (χ4v) is 7.44. The second-order valence-corrected chi connectivity index (χ2v) is 14.0. The molecule has 1 aromatic carbocycles. The number of hydrogen-bond acceptors (Lipinski definition) is 17. The minimum Gasteiger partial charge on any atom is -0.463 e. The zero-order valence-electron chi connectivity index (χ0n) is 29.5. The monoisotopic (exact) mass is 774 g/mol. The lowest BCUT2D eigenvalue weighted by Gasteiger charge is -2.43. The van der Waals surface area contributed by atoms with Crippen LogP contribution < -0.4 is 10.1 Å². The van der Waals surface area contributed by atoms with Crippen LogP contribution in [0.1, 0.15) is 57.7 Å². The Balaban J connectivity index is 1.29. The molecule has 3 aromatic rings. The topological polar surface area (TPSA) is 252 Å². The highest BCUT2D eigenvalue weighted by molar-refractivity contribution is 7.47. The Hall–Kier alpha value is -5.20. The molecule has 0 saturated carbocycles. The molecule has 2 N–H and O–H groups in total. The zero-order chi connectivity index (χ0) is 39.3. The molecule has 20 heteroatoms. The van der Waals surface area contributed by atoms with Gasteiger partial charge in [0.25, 0.3) is 5.56 Å². The average molecular weight is 775 g/mol. The molecule has 1 saturated heterocycles. The molecule has 54 heavy (non-hydrogen) atoms. The number of benzene rings is 1. The van der Waals surface area contributed by atoms with Gasteiger partial charge in [0, 0.05) is 44.2 Å².